The second-order valence-corrected chi connectivity index (χ2v) is 3.24. The van der Waals surface area contributed by atoms with Crippen LogP contribution in [0.4, 0.5) is 13.2 Å². The molecule has 1 aromatic carbocycles. The predicted molar refractivity (Wildman–Crippen MR) is 50.3 cm³/mol. The van der Waals surface area contributed by atoms with E-state index in [4.69, 9.17) is 9.47 Å². The number of hydrogen-bond donors (Lipinski definition) is 0. The number of ether oxygens (including phenoxy) is 2. The molecule has 16 heavy (non-hydrogen) atoms. The first-order chi connectivity index (χ1) is 7.74. The lowest BCUT2D eigenvalue weighted by Gasteiger charge is -2.16. The lowest BCUT2D eigenvalue weighted by Crippen LogP contribution is -2.08. The van der Waals surface area contributed by atoms with Crippen LogP contribution in [0.15, 0.2) is 30.7 Å². The fourth-order valence-corrected chi connectivity index (χ4v) is 1.55. The van der Waals surface area contributed by atoms with Crippen molar-refractivity contribution in [2.24, 2.45) is 0 Å². The Morgan fingerprint density at radius 1 is 1.25 bits per heavy atom. The van der Waals surface area contributed by atoms with E-state index < -0.39 is 25.0 Å². The molecule has 0 aromatic heterocycles. The first kappa shape index (κ1) is 10.9. The van der Waals surface area contributed by atoms with E-state index in [1.54, 1.807) is 0 Å². The van der Waals surface area contributed by atoms with Gasteiger partial charge in [-0.05, 0) is 6.07 Å². The first-order valence-corrected chi connectivity index (χ1v) is 4.68. The Kier molecular flexibility index (Phi) is 3.03. The largest absolute Gasteiger partial charge is 0.455 e. The van der Waals surface area contributed by atoms with Gasteiger partial charge in [-0.1, -0.05) is 12.1 Å². The highest BCUT2D eigenvalue weighted by molar-refractivity contribution is 5.32. The van der Waals surface area contributed by atoms with Gasteiger partial charge in [0.2, 0.25) is 0 Å². The summed E-state index contributed by atoms with van der Waals surface area (Å²) >= 11 is 0. The van der Waals surface area contributed by atoms with E-state index >= 15 is 0 Å². The van der Waals surface area contributed by atoms with Gasteiger partial charge in [-0.2, -0.15) is 0 Å². The van der Waals surface area contributed by atoms with Crippen molar-refractivity contribution >= 4 is 0 Å². The minimum absolute atomic E-state index is 0.162. The fraction of sp³-hybridized carbons (Fsp3) is 0.273. The average molecular weight is 230 g/mol. The van der Waals surface area contributed by atoms with Crippen molar-refractivity contribution in [3.05, 3.63) is 47.7 Å². The number of benzene rings is 1. The lowest BCUT2D eigenvalue weighted by atomic mass is 10.0. The molecule has 2 rings (SSSR count). The third kappa shape index (κ3) is 1.85. The summed E-state index contributed by atoms with van der Waals surface area (Å²) in [6.45, 7) is -1.28. The molecule has 0 aliphatic carbocycles. The molecule has 1 aliphatic heterocycles. The summed E-state index contributed by atoms with van der Waals surface area (Å²) in [4.78, 5) is 0. The second-order valence-electron chi connectivity index (χ2n) is 3.24. The van der Waals surface area contributed by atoms with Gasteiger partial charge < -0.3 is 9.47 Å². The van der Waals surface area contributed by atoms with Crippen LogP contribution in [0.5, 0.6) is 0 Å². The zero-order valence-corrected chi connectivity index (χ0v) is 8.20. The summed E-state index contributed by atoms with van der Waals surface area (Å²) < 4.78 is 48.9. The predicted octanol–water partition coefficient (Wildman–Crippen LogP) is 3.32. The van der Waals surface area contributed by atoms with Crippen molar-refractivity contribution in [1.82, 2.24) is 0 Å². The first-order valence-electron chi connectivity index (χ1n) is 4.68. The van der Waals surface area contributed by atoms with Crippen molar-refractivity contribution in [3.8, 4) is 0 Å². The maximum absolute atomic E-state index is 13.4. The highest BCUT2D eigenvalue weighted by atomic mass is 19.2. The monoisotopic (exact) mass is 230 g/mol. The Bertz CT molecular complexity index is 398. The van der Waals surface area contributed by atoms with Gasteiger partial charge in [-0.15, -0.1) is 0 Å². The maximum atomic E-state index is 13.4. The quantitative estimate of drug-likeness (QED) is 0.792. The molecule has 86 valence electrons. The molecule has 1 aliphatic rings. The normalized spacial score (nSPS) is 16.9. The molecule has 0 saturated heterocycles. The van der Waals surface area contributed by atoms with Gasteiger partial charge in [0.15, 0.2) is 6.17 Å². The number of hydrogen-bond acceptors (Lipinski definition) is 2. The molecule has 0 fully saturated rings. The molecular formula is C11H9F3O2. The van der Waals surface area contributed by atoms with Crippen LogP contribution in [0.2, 0.25) is 0 Å². The molecule has 1 heterocycles. The summed E-state index contributed by atoms with van der Waals surface area (Å²) in [5.74, 6) is -0.804. The third-order valence-electron chi connectivity index (χ3n) is 2.25. The Labute approximate surface area is 90.3 Å². The Morgan fingerprint density at radius 2 is 1.94 bits per heavy atom. The highest BCUT2D eigenvalue weighted by Gasteiger charge is 2.26. The van der Waals surface area contributed by atoms with E-state index in [1.807, 2.05) is 0 Å². The van der Waals surface area contributed by atoms with Crippen LogP contribution in [0.3, 0.4) is 0 Å². The van der Waals surface area contributed by atoms with Crippen molar-refractivity contribution in [1.29, 1.82) is 0 Å². The minimum atomic E-state index is -2.01. The van der Waals surface area contributed by atoms with Crippen molar-refractivity contribution in [2.75, 3.05) is 6.67 Å². The lowest BCUT2D eigenvalue weighted by molar-refractivity contribution is -0.0264. The van der Waals surface area contributed by atoms with Crippen molar-refractivity contribution in [2.45, 2.75) is 12.5 Å². The van der Waals surface area contributed by atoms with Crippen LogP contribution in [-0.2, 0) is 9.47 Å². The summed E-state index contributed by atoms with van der Waals surface area (Å²) in [6, 6.07) is 3.91. The van der Waals surface area contributed by atoms with E-state index in [9.17, 15) is 13.2 Å². The minimum Gasteiger partial charge on any atom is -0.455 e. The Balaban J connectivity index is 2.39. The molecular weight excluding hydrogens is 221 g/mol. The third-order valence-corrected chi connectivity index (χ3v) is 2.25. The Morgan fingerprint density at radius 3 is 2.56 bits per heavy atom. The van der Waals surface area contributed by atoms with Gasteiger partial charge in [-0.3, -0.25) is 0 Å². The number of rotatable bonds is 3. The molecule has 0 N–H and O–H groups in total. The number of halogens is 3. The number of alkyl halides is 2. The summed E-state index contributed by atoms with van der Waals surface area (Å²) in [5.41, 5.74) is -0.186. The van der Waals surface area contributed by atoms with E-state index in [-0.39, 0.29) is 11.1 Å². The van der Waals surface area contributed by atoms with Crippen LogP contribution >= 0.6 is 0 Å². The van der Waals surface area contributed by atoms with E-state index in [2.05, 4.69) is 0 Å². The molecule has 1 aromatic rings. The molecule has 5 heteroatoms. The molecule has 0 spiro atoms. The average Bonchev–Trinajstić information content (AvgIpc) is 2.81. The topological polar surface area (TPSA) is 18.5 Å². The van der Waals surface area contributed by atoms with Crippen LogP contribution < -0.4 is 0 Å². The molecule has 0 amide bonds. The van der Waals surface area contributed by atoms with Gasteiger partial charge in [0, 0.05) is 11.1 Å². The smallest absolute Gasteiger partial charge is 0.266 e. The maximum Gasteiger partial charge on any atom is 0.266 e. The van der Waals surface area contributed by atoms with Gasteiger partial charge >= 0.3 is 0 Å². The van der Waals surface area contributed by atoms with E-state index in [0.29, 0.717) is 0 Å². The second kappa shape index (κ2) is 4.47. The zero-order chi connectivity index (χ0) is 11.5. The molecule has 1 unspecified atom stereocenters. The highest BCUT2D eigenvalue weighted by Crippen LogP contribution is 2.33. The summed E-state index contributed by atoms with van der Waals surface area (Å²) in [7, 11) is 0. The van der Waals surface area contributed by atoms with Gasteiger partial charge in [0.25, 0.3) is 6.29 Å². The van der Waals surface area contributed by atoms with Gasteiger partial charge in [0.1, 0.15) is 25.0 Å². The summed E-state index contributed by atoms with van der Waals surface area (Å²) in [6.07, 6.45) is -0.385. The molecule has 2 nitrogen and oxygen atoms in total. The Hall–Kier alpha value is -1.65. The molecule has 0 radical (unpaired) electrons. The SMILES string of the molecule is FCC(F)c1c(F)cccc1C1OC=CO1. The van der Waals surface area contributed by atoms with Gasteiger partial charge in [-0.25, -0.2) is 13.2 Å². The van der Waals surface area contributed by atoms with Crippen LogP contribution in [-0.4, -0.2) is 6.67 Å². The van der Waals surface area contributed by atoms with E-state index in [1.165, 1.54) is 24.7 Å². The summed E-state index contributed by atoms with van der Waals surface area (Å²) in [5, 5.41) is 0. The van der Waals surface area contributed by atoms with Crippen molar-refractivity contribution < 1.29 is 22.6 Å². The van der Waals surface area contributed by atoms with E-state index in [0.717, 1.165) is 6.07 Å². The fourth-order valence-electron chi connectivity index (χ4n) is 1.55. The van der Waals surface area contributed by atoms with Crippen molar-refractivity contribution in [3.63, 3.8) is 0 Å². The van der Waals surface area contributed by atoms with Gasteiger partial charge in [0.05, 0.1) is 0 Å². The zero-order valence-electron chi connectivity index (χ0n) is 8.20. The molecule has 0 bridgehead atoms. The molecule has 0 saturated carbocycles. The van der Waals surface area contributed by atoms with Crippen LogP contribution in [0, 0.1) is 5.82 Å². The molecule has 1 atom stereocenters. The van der Waals surface area contributed by atoms with Crippen LogP contribution in [0.1, 0.15) is 23.6 Å². The van der Waals surface area contributed by atoms with Crippen LogP contribution in [0.25, 0.3) is 0 Å². The standard InChI is InChI=1S/C11H9F3O2/c12-6-9(14)10-7(2-1-3-8(10)13)11-15-4-5-16-11/h1-5,9,11H,6H2.